The van der Waals surface area contributed by atoms with Gasteiger partial charge in [0.15, 0.2) is 0 Å². The van der Waals surface area contributed by atoms with E-state index in [0.29, 0.717) is 6.42 Å². The van der Waals surface area contributed by atoms with Crippen LogP contribution in [0.5, 0.6) is 0 Å². The van der Waals surface area contributed by atoms with Crippen LogP contribution in [0.2, 0.25) is 0 Å². The number of nitrogens with one attached hydrogen (secondary N) is 3. The molecule has 1 aromatic carbocycles. The van der Waals surface area contributed by atoms with Gasteiger partial charge < -0.3 is 10.3 Å². The van der Waals surface area contributed by atoms with Gasteiger partial charge in [0.05, 0.1) is 0 Å². The third-order valence-electron chi connectivity index (χ3n) is 2.58. The van der Waals surface area contributed by atoms with Gasteiger partial charge in [0.25, 0.3) is 5.56 Å². The minimum Gasteiger partial charge on any atom is -0.320 e. The molecule has 0 fully saturated rings. The van der Waals surface area contributed by atoms with Crippen molar-refractivity contribution in [1.29, 1.82) is 0 Å². The molecule has 1 amide bonds. The fourth-order valence-corrected chi connectivity index (χ4v) is 1.62. The second-order valence-corrected chi connectivity index (χ2v) is 4.02. The van der Waals surface area contributed by atoms with Crippen molar-refractivity contribution in [2.45, 2.75) is 12.8 Å². The van der Waals surface area contributed by atoms with Crippen LogP contribution in [0.15, 0.2) is 46.1 Å². The summed E-state index contributed by atoms with van der Waals surface area (Å²) in [4.78, 5) is 38.2. The summed E-state index contributed by atoms with van der Waals surface area (Å²) < 4.78 is 0. The van der Waals surface area contributed by atoms with Gasteiger partial charge in [0.1, 0.15) is 5.69 Å². The molecule has 3 N–H and O–H groups in total. The minimum atomic E-state index is -0.614. The highest BCUT2D eigenvalue weighted by Gasteiger charge is 2.06. The minimum absolute atomic E-state index is 0.0395. The summed E-state index contributed by atoms with van der Waals surface area (Å²) >= 11 is 0. The maximum atomic E-state index is 11.7. The Labute approximate surface area is 108 Å². The topological polar surface area (TPSA) is 94.8 Å². The van der Waals surface area contributed by atoms with Gasteiger partial charge >= 0.3 is 5.69 Å². The summed E-state index contributed by atoms with van der Waals surface area (Å²) in [5.74, 6) is -0.276. The first-order chi connectivity index (χ1) is 9.15. The number of H-pyrrole nitrogens is 2. The number of amides is 1. The highest BCUT2D eigenvalue weighted by Crippen LogP contribution is 2.03. The van der Waals surface area contributed by atoms with Crippen LogP contribution < -0.4 is 16.6 Å². The number of hydrogen-bond acceptors (Lipinski definition) is 3. The standard InChI is InChI=1S/C13H13N3O3/c17-11(7-6-9-4-2-1-3-5-9)15-10-8-14-13(19)16-12(10)18/h1-5,8H,6-7H2,(H,15,17)(H2,14,16,18,19). The number of aryl methyl sites for hydroxylation is 1. The first kappa shape index (κ1) is 12.8. The van der Waals surface area contributed by atoms with E-state index < -0.39 is 11.2 Å². The molecule has 0 aliphatic heterocycles. The summed E-state index contributed by atoms with van der Waals surface area (Å²) in [7, 11) is 0. The molecule has 6 nitrogen and oxygen atoms in total. The molecule has 6 heteroatoms. The van der Waals surface area contributed by atoms with Crippen LogP contribution in [0.3, 0.4) is 0 Å². The van der Waals surface area contributed by atoms with E-state index in [1.165, 1.54) is 6.20 Å². The molecular formula is C13H13N3O3. The molecule has 0 aliphatic carbocycles. The Morgan fingerprint density at radius 1 is 1.16 bits per heavy atom. The third-order valence-corrected chi connectivity index (χ3v) is 2.58. The van der Waals surface area contributed by atoms with Crippen LogP contribution in [-0.2, 0) is 11.2 Å². The number of hydrogen-bond donors (Lipinski definition) is 3. The molecule has 0 atom stereocenters. The lowest BCUT2D eigenvalue weighted by Gasteiger charge is -2.03. The van der Waals surface area contributed by atoms with Gasteiger partial charge in [-0.1, -0.05) is 30.3 Å². The molecule has 2 aromatic rings. The van der Waals surface area contributed by atoms with E-state index in [4.69, 9.17) is 0 Å². The highest BCUT2D eigenvalue weighted by molar-refractivity contribution is 5.90. The number of carbonyl (C=O) groups excluding carboxylic acids is 1. The summed E-state index contributed by atoms with van der Waals surface area (Å²) in [6, 6.07) is 9.57. The van der Waals surface area contributed by atoms with E-state index in [-0.39, 0.29) is 18.0 Å². The molecule has 0 spiro atoms. The van der Waals surface area contributed by atoms with Crippen LogP contribution in [0, 0.1) is 0 Å². The monoisotopic (exact) mass is 259 g/mol. The van der Waals surface area contributed by atoms with Crippen molar-refractivity contribution in [3.05, 3.63) is 62.9 Å². The van der Waals surface area contributed by atoms with Crippen molar-refractivity contribution in [2.24, 2.45) is 0 Å². The number of carbonyl (C=O) groups is 1. The Morgan fingerprint density at radius 2 is 1.89 bits per heavy atom. The highest BCUT2D eigenvalue weighted by atomic mass is 16.2. The van der Waals surface area contributed by atoms with Crippen molar-refractivity contribution >= 4 is 11.6 Å². The Hall–Kier alpha value is -2.63. The van der Waals surface area contributed by atoms with Gasteiger partial charge in [-0.15, -0.1) is 0 Å². The lowest BCUT2D eigenvalue weighted by atomic mass is 10.1. The lowest BCUT2D eigenvalue weighted by molar-refractivity contribution is -0.116. The molecule has 19 heavy (non-hydrogen) atoms. The average Bonchev–Trinajstić information content (AvgIpc) is 2.41. The SMILES string of the molecule is O=C(CCc1ccccc1)Nc1c[nH]c(=O)[nH]c1=O. The quantitative estimate of drug-likeness (QED) is 0.751. The van der Waals surface area contributed by atoms with Crippen LogP contribution in [0.25, 0.3) is 0 Å². The molecule has 0 saturated carbocycles. The van der Waals surface area contributed by atoms with E-state index in [0.717, 1.165) is 5.56 Å². The second kappa shape index (κ2) is 5.81. The number of aromatic nitrogens is 2. The maximum absolute atomic E-state index is 11.7. The van der Waals surface area contributed by atoms with Crippen molar-refractivity contribution in [2.75, 3.05) is 5.32 Å². The molecule has 1 heterocycles. The van der Waals surface area contributed by atoms with Crippen LogP contribution >= 0.6 is 0 Å². The Kier molecular flexibility index (Phi) is 3.92. The van der Waals surface area contributed by atoms with Crippen LogP contribution in [0.4, 0.5) is 5.69 Å². The summed E-state index contributed by atoms with van der Waals surface area (Å²) in [5, 5.41) is 2.45. The zero-order chi connectivity index (χ0) is 13.7. The Bertz CT molecular complexity index is 673. The van der Waals surface area contributed by atoms with E-state index >= 15 is 0 Å². The normalized spacial score (nSPS) is 10.1. The second-order valence-electron chi connectivity index (χ2n) is 4.02. The summed E-state index contributed by atoms with van der Waals surface area (Å²) in [5.41, 5.74) is -0.130. The fourth-order valence-electron chi connectivity index (χ4n) is 1.62. The zero-order valence-corrected chi connectivity index (χ0v) is 10.1. The molecule has 98 valence electrons. The predicted octanol–water partition coefficient (Wildman–Crippen LogP) is 0.635. The Balaban J connectivity index is 1.95. The van der Waals surface area contributed by atoms with E-state index in [9.17, 15) is 14.4 Å². The van der Waals surface area contributed by atoms with Gasteiger partial charge in [-0.25, -0.2) is 4.79 Å². The number of anilines is 1. The van der Waals surface area contributed by atoms with E-state index in [1.807, 2.05) is 35.3 Å². The first-order valence-electron chi connectivity index (χ1n) is 5.81. The molecule has 0 saturated heterocycles. The smallest absolute Gasteiger partial charge is 0.320 e. The lowest BCUT2D eigenvalue weighted by Crippen LogP contribution is -2.26. The molecule has 2 rings (SSSR count). The molecule has 0 radical (unpaired) electrons. The Morgan fingerprint density at radius 3 is 2.58 bits per heavy atom. The third kappa shape index (κ3) is 3.67. The van der Waals surface area contributed by atoms with Gasteiger partial charge in [-0.2, -0.15) is 0 Å². The summed E-state index contributed by atoms with van der Waals surface area (Å²) in [6.07, 6.45) is 2.04. The average molecular weight is 259 g/mol. The van der Waals surface area contributed by atoms with Crippen LogP contribution in [-0.4, -0.2) is 15.9 Å². The van der Waals surface area contributed by atoms with Crippen molar-refractivity contribution in [1.82, 2.24) is 9.97 Å². The van der Waals surface area contributed by atoms with Gasteiger partial charge in [0.2, 0.25) is 5.91 Å². The molecule has 1 aromatic heterocycles. The van der Waals surface area contributed by atoms with Crippen molar-refractivity contribution in [3.63, 3.8) is 0 Å². The van der Waals surface area contributed by atoms with Crippen molar-refractivity contribution in [3.8, 4) is 0 Å². The number of rotatable bonds is 4. The summed E-state index contributed by atoms with van der Waals surface area (Å²) in [6.45, 7) is 0. The van der Waals surface area contributed by atoms with Crippen molar-refractivity contribution < 1.29 is 4.79 Å². The van der Waals surface area contributed by atoms with Crippen LogP contribution in [0.1, 0.15) is 12.0 Å². The largest absolute Gasteiger partial charge is 0.325 e. The fraction of sp³-hybridized carbons (Fsp3) is 0.154. The van der Waals surface area contributed by atoms with Gasteiger partial charge in [0, 0.05) is 12.6 Å². The van der Waals surface area contributed by atoms with E-state index in [2.05, 4.69) is 10.3 Å². The molecule has 0 bridgehead atoms. The molecule has 0 aliphatic rings. The van der Waals surface area contributed by atoms with Gasteiger partial charge in [-0.3, -0.25) is 14.6 Å². The number of benzene rings is 1. The van der Waals surface area contributed by atoms with Gasteiger partial charge in [-0.05, 0) is 12.0 Å². The zero-order valence-electron chi connectivity index (χ0n) is 10.1. The first-order valence-corrected chi connectivity index (χ1v) is 5.81. The predicted molar refractivity (Wildman–Crippen MR) is 71.1 cm³/mol. The molecular weight excluding hydrogens is 246 g/mol. The maximum Gasteiger partial charge on any atom is 0.325 e. The van der Waals surface area contributed by atoms with E-state index in [1.54, 1.807) is 0 Å². The number of aromatic amines is 2. The molecule has 0 unspecified atom stereocenters.